The number of benzene rings is 1. The molecule has 1 aromatic carbocycles. The summed E-state index contributed by atoms with van der Waals surface area (Å²) in [5.74, 6) is -0.720. The second-order valence-corrected chi connectivity index (χ2v) is 7.19. The van der Waals surface area contributed by atoms with Crippen LogP contribution in [0.4, 0.5) is 5.69 Å². The molecule has 0 bridgehead atoms. The van der Waals surface area contributed by atoms with Crippen molar-refractivity contribution >= 4 is 29.4 Å². The van der Waals surface area contributed by atoms with Crippen LogP contribution in [-0.4, -0.2) is 52.9 Å². The van der Waals surface area contributed by atoms with Gasteiger partial charge in [-0.3, -0.25) is 19.7 Å². The van der Waals surface area contributed by atoms with Gasteiger partial charge in [-0.2, -0.15) is 0 Å². The van der Waals surface area contributed by atoms with Gasteiger partial charge in [0.25, 0.3) is 5.91 Å². The number of ether oxygens (including phenoxy) is 1. The molecule has 1 unspecified atom stereocenters. The van der Waals surface area contributed by atoms with Gasteiger partial charge in [-0.1, -0.05) is 26.2 Å². The summed E-state index contributed by atoms with van der Waals surface area (Å²) in [5.41, 5.74) is 1.55. The summed E-state index contributed by atoms with van der Waals surface area (Å²) in [6.07, 6.45) is 2.52. The topological polar surface area (TPSA) is 120 Å². The van der Waals surface area contributed by atoms with Crippen LogP contribution in [0.1, 0.15) is 44.6 Å². The largest absolute Gasteiger partial charge is 0.481 e. The average molecular weight is 402 g/mol. The van der Waals surface area contributed by atoms with Crippen LogP contribution in [0.25, 0.3) is 0 Å². The molecule has 0 radical (unpaired) electrons. The van der Waals surface area contributed by atoms with Crippen molar-refractivity contribution in [2.24, 2.45) is 4.99 Å². The molecular formula is C20H26N4O5. The second kappa shape index (κ2) is 9.40. The summed E-state index contributed by atoms with van der Waals surface area (Å²) in [7, 11) is 0. The lowest BCUT2D eigenvalue weighted by atomic mass is 10.1. The van der Waals surface area contributed by atoms with E-state index in [1.807, 2.05) is 4.90 Å². The van der Waals surface area contributed by atoms with Crippen LogP contribution in [0.5, 0.6) is 5.75 Å². The minimum atomic E-state index is -1.12. The van der Waals surface area contributed by atoms with Gasteiger partial charge < -0.3 is 20.1 Å². The summed E-state index contributed by atoms with van der Waals surface area (Å²) in [6.45, 7) is 3.33. The maximum absolute atomic E-state index is 12.4. The van der Waals surface area contributed by atoms with Gasteiger partial charge >= 0.3 is 5.97 Å². The Hall–Kier alpha value is -3.10. The van der Waals surface area contributed by atoms with Crippen LogP contribution in [-0.2, 0) is 20.9 Å². The fourth-order valence-corrected chi connectivity index (χ4v) is 3.30. The molecule has 2 aliphatic heterocycles. The number of aliphatic carboxylic acids is 1. The highest BCUT2D eigenvalue weighted by Crippen LogP contribution is 2.31. The molecule has 29 heavy (non-hydrogen) atoms. The molecule has 3 N–H and O–H groups in total. The first-order chi connectivity index (χ1) is 14.0. The van der Waals surface area contributed by atoms with Gasteiger partial charge in [0.05, 0.1) is 12.1 Å². The van der Waals surface area contributed by atoms with Crippen molar-refractivity contribution < 1.29 is 24.2 Å². The maximum Gasteiger partial charge on any atom is 0.307 e. The molecule has 156 valence electrons. The lowest BCUT2D eigenvalue weighted by Gasteiger charge is -2.24. The molecule has 9 nitrogen and oxygen atoms in total. The summed E-state index contributed by atoms with van der Waals surface area (Å²) >= 11 is 0. The third-order valence-electron chi connectivity index (χ3n) is 4.78. The molecule has 1 fully saturated rings. The molecule has 0 spiro atoms. The number of guanidine groups is 1. The summed E-state index contributed by atoms with van der Waals surface area (Å²) in [6, 6.07) is 5.13. The number of hydrogen-bond acceptors (Lipinski definition) is 6. The van der Waals surface area contributed by atoms with Crippen LogP contribution < -0.4 is 15.4 Å². The Balaban J connectivity index is 1.64. The van der Waals surface area contributed by atoms with Gasteiger partial charge in [-0.25, -0.2) is 4.99 Å². The number of carbonyl (C=O) groups is 3. The molecule has 2 heterocycles. The number of nitrogens with zero attached hydrogens (tertiary/aromatic N) is 2. The highest BCUT2D eigenvalue weighted by molar-refractivity contribution is 6.05. The quantitative estimate of drug-likeness (QED) is 0.511. The Bertz CT molecular complexity index is 823. The highest BCUT2D eigenvalue weighted by atomic mass is 16.5. The van der Waals surface area contributed by atoms with Gasteiger partial charge in [-0.05, 0) is 24.6 Å². The lowest BCUT2D eigenvalue weighted by Crippen LogP contribution is -2.40. The van der Waals surface area contributed by atoms with Crippen LogP contribution in [0.15, 0.2) is 23.2 Å². The van der Waals surface area contributed by atoms with Crippen LogP contribution in [0, 0.1) is 0 Å². The standard InChI is InChI=1S/C20H26N4O5/c1-2-3-4-5-8-21-19(28)16(10-18(26)27)29-14-6-7-15-13(9-14)11-24-12-17(25)23-20(24)22-15/h6-7,9,16H,2-5,8,10-12H2,1H3,(H,21,28)(H,26,27)(H,22,23,25). The number of carboxylic acid groups (broad SMARTS) is 1. The van der Waals surface area contributed by atoms with Crippen molar-refractivity contribution in [1.29, 1.82) is 0 Å². The zero-order valence-electron chi connectivity index (χ0n) is 16.4. The summed E-state index contributed by atoms with van der Waals surface area (Å²) in [5, 5.41) is 14.6. The van der Waals surface area contributed by atoms with E-state index in [9.17, 15) is 14.4 Å². The minimum absolute atomic E-state index is 0.106. The van der Waals surface area contributed by atoms with Gasteiger partial charge in [-0.15, -0.1) is 0 Å². The van der Waals surface area contributed by atoms with E-state index in [1.165, 1.54) is 0 Å². The SMILES string of the molecule is CCCCCCNC(=O)C(CC(=O)O)Oc1ccc2c(c1)CN1CC(=O)NC1=N2. The van der Waals surface area contributed by atoms with E-state index in [0.29, 0.717) is 30.5 Å². The number of rotatable bonds is 10. The van der Waals surface area contributed by atoms with Crippen molar-refractivity contribution in [1.82, 2.24) is 15.5 Å². The van der Waals surface area contributed by atoms with Gasteiger partial charge in [0.1, 0.15) is 12.3 Å². The molecule has 2 aliphatic rings. The molecule has 0 saturated carbocycles. The first kappa shape index (κ1) is 20.6. The number of aliphatic imine (C=N–C) groups is 1. The number of carbonyl (C=O) groups excluding carboxylic acids is 2. The minimum Gasteiger partial charge on any atom is -0.481 e. The Morgan fingerprint density at radius 2 is 2.14 bits per heavy atom. The van der Waals surface area contributed by atoms with E-state index in [4.69, 9.17) is 9.84 Å². The van der Waals surface area contributed by atoms with Gasteiger partial charge in [0.15, 0.2) is 6.10 Å². The lowest BCUT2D eigenvalue weighted by molar-refractivity contribution is -0.143. The summed E-state index contributed by atoms with van der Waals surface area (Å²) < 4.78 is 5.72. The third-order valence-corrected chi connectivity index (χ3v) is 4.78. The van der Waals surface area contributed by atoms with Crippen molar-refractivity contribution in [3.8, 4) is 5.75 Å². The van der Waals surface area contributed by atoms with E-state index in [2.05, 4.69) is 22.5 Å². The fraction of sp³-hybridized carbons (Fsp3) is 0.500. The number of nitrogens with one attached hydrogen (secondary N) is 2. The first-order valence-corrected chi connectivity index (χ1v) is 9.89. The Morgan fingerprint density at radius 3 is 2.90 bits per heavy atom. The fourth-order valence-electron chi connectivity index (χ4n) is 3.30. The second-order valence-electron chi connectivity index (χ2n) is 7.19. The molecule has 9 heteroatoms. The van der Waals surface area contributed by atoms with Gasteiger partial charge in [0.2, 0.25) is 11.9 Å². The smallest absolute Gasteiger partial charge is 0.307 e. The number of carboxylic acids is 1. The zero-order valence-corrected chi connectivity index (χ0v) is 16.4. The Labute approximate surface area is 169 Å². The number of amides is 2. The van der Waals surface area contributed by atoms with Crippen molar-refractivity contribution in [2.45, 2.75) is 51.7 Å². The normalized spacial score (nSPS) is 15.7. The van der Waals surface area contributed by atoms with Crippen LogP contribution >= 0.6 is 0 Å². The molecular weight excluding hydrogens is 376 g/mol. The first-order valence-electron chi connectivity index (χ1n) is 9.89. The van der Waals surface area contributed by atoms with E-state index in [1.54, 1.807) is 18.2 Å². The van der Waals surface area contributed by atoms with E-state index in [0.717, 1.165) is 31.2 Å². The van der Waals surface area contributed by atoms with Crippen molar-refractivity contribution in [3.05, 3.63) is 23.8 Å². The molecule has 3 rings (SSSR count). The predicted octanol–water partition coefficient (Wildman–Crippen LogP) is 1.54. The molecule has 0 aromatic heterocycles. The predicted molar refractivity (Wildman–Crippen MR) is 106 cm³/mol. The number of hydrogen-bond donors (Lipinski definition) is 3. The molecule has 1 aromatic rings. The van der Waals surface area contributed by atoms with Crippen LogP contribution in [0.3, 0.4) is 0 Å². The molecule has 2 amide bonds. The van der Waals surface area contributed by atoms with Crippen molar-refractivity contribution in [3.63, 3.8) is 0 Å². The van der Waals surface area contributed by atoms with Crippen molar-refractivity contribution in [2.75, 3.05) is 13.1 Å². The summed E-state index contributed by atoms with van der Waals surface area (Å²) in [4.78, 5) is 41.4. The average Bonchev–Trinajstić information content (AvgIpc) is 3.03. The number of unbranched alkanes of at least 4 members (excludes halogenated alkanes) is 3. The van der Waals surface area contributed by atoms with E-state index < -0.39 is 24.4 Å². The van der Waals surface area contributed by atoms with Crippen LogP contribution in [0.2, 0.25) is 0 Å². The molecule has 1 atom stereocenters. The molecule has 1 saturated heterocycles. The Morgan fingerprint density at radius 1 is 1.31 bits per heavy atom. The third kappa shape index (κ3) is 5.46. The maximum atomic E-state index is 12.4. The molecule has 0 aliphatic carbocycles. The number of fused-ring (bicyclic) bond motifs is 2. The monoisotopic (exact) mass is 402 g/mol. The Kier molecular flexibility index (Phi) is 6.69. The zero-order chi connectivity index (χ0) is 20.8. The van der Waals surface area contributed by atoms with E-state index >= 15 is 0 Å². The van der Waals surface area contributed by atoms with E-state index in [-0.39, 0.29) is 12.5 Å². The van der Waals surface area contributed by atoms with Gasteiger partial charge in [0, 0.05) is 18.7 Å². The highest BCUT2D eigenvalue weighted by Gasteiger charge is 2.30.